The molecule has 4 heterocycles. The molecule has 172 valence electrons. The van der Waals surface area contributed by atoms with Crippen molar-refractivity contribution < 1.29 is 19.5 Å². The van der Waals surface area contributed by atoms with Gasteiger partial charge in [-0.2, -0.15) is 0 Å². The van der Waals surface area contributed by atoms with Gasteiger partial charge >= 0.3 is 0 Å². The van der Waals surface area contributed by atoms with E-state index < -0.39 is 12.0 Å². The van der Waals surface area contributed by atoms with Gasteiger partial charge in [-0.25, -0.2) is 10.5 Å². The van der Waals surface area contributed by atoms with Crippen molar-refractivity contribution in [3.63, 3.8) is 0 Å². The van der Waals surface area contributed by atoms with Crippen molar-refractivity contribution in [2.45, 2.75) is 19.1 Å². The Hall–Kier alpha value is -2.92. The molecular weight excluding hydrogens is 471 g/mol. The monoisotopic (exact) mass is 490 g/mol. The second-order valence-electron chi connectivity index (χ2n) is 7.90. The average molecular weight is 491 g/mol. The first kappa shape index (κ1) is 21.9. The molecule has 1 fully saturated rings. The summed E-state index contributed by atoms with van der Waals surface area (Å²) < 4.78 is 7.52. The number of carbonyl (C=O) groups is 2. The molecule has 0 aliphatic carbocycles. The van der Waals surface area contributed by atoms with Gasteiger partial charge in [0.2, 0.25) is 0 Å². The summed E-state index contributed by atoms with van der Waals surface area (Å²) >= 11 is 12.5. The van der Waals surface area contributed by atoms with Crippen LogP contribution < -0.4 is 10.4 Å². The fourth-order valence-electron chi connectivity index (χ4n) is 4.28. The maximum Gasteiger partial charge on any atom is 0.294 e. The normalized spacial score (nSPS) is 18.3. The molecular formula is C21H20Cl2N6O4. The third-order valence-corrected chi connectivity index (χ3v) is 6.48. The number of aromatic nitrogens is 3. The number of ether oxygens (including phenoxy) is 1. The Bertz CT molecular complexity index is 1250. The number of imidazole rings is 1. The summed E-state index contributed by atoms with van der Waals surface area (Å²) in [5, 5.41) is 10.0. The van der Waals surface area contributed by atoms with E-state index in [2.05, 4.69) is 9.97 Å². The first-order chi connectivity index (χ1) is 15.9. The minimum atomic E-state index is -0.718. The maximum absolute atomic E-state index is 13.3. The maximum atomic E-state index is 13.3. The van der Waals surface area contributed by atoms with Crippen molar-refractivity contribution >= 4 is 46.5 Å². The van der Waals surface area contributed by atoms with Gasteiger partial charge in [0.15, 0.2) is 11.8 Å². The van der Waals surface area contributed by atoms with Gasteiger partial charge in [0.25, 0.3) is 11.8 Å². The second-order valence-corrected chi connectivity index (χ2v) is 8.74. The lowest BCUT2D eigenvalue weighted by atomic mass is 9.99. The fraction of sp³-hybridized carbons (Fsp3) is 0.333. The number of hydrogen-bond donors (Lipinski definition) is 2. The Morgan fingerprint density at radius 3 is 2.88 bits per heavy atom. The number of anilines is 1. The van der Waals surface area contributed by atoms with E-state index in [4.69, 9.17) is 33.1 Å². The zero-order valence-electron chi connectivity index (χ0n) is 17.4. The van der Waals surface area contributed by atoms with Crippen LogP contribution in [0, 0.1) is 0 Å². The summed E-state index contributed by atoms with van der Waals surface area (Å²) in [6, 6.07) is 3.59. The molecule has 2 amide bonds. The number of halogens is 2. The van der Waals surface area contributed by atoms with Crippen LogP contribution in [-0.4, -0.2) is 68.6 Å². The van der Waals surface area contributed by atoms with Gasteiger partial charge in [-0.05, 0) is 29.7 Å². The van der Waals surface area contributed by atoms with E-state index in [9.17, 15) is 9.59 Å². The highest BCUT2D eigenvalue weighted by atomic mass is 35.5. The number of nitrogens with zero attached hydrogens (tertiary/aromatic N) is 5. The van der Waals surface area contributed by atoms with Crippen LogP contribution in [0.1, 0.15) is 21.6 Å². The summed E-state index contributed by atoms with van der Waals surface area (Å²) in [6.07, 6.45) is 4.68. The van der Waals surface area contributed by atoms with Crippen LogP contribution in [0.5, 0.6) is 0 Å². The Morgan fingerprint density at radius 2 is 2.06 bits per heavy atom. The van der Waals surface area contributed by atoms with E-state index in [1.54, 1.807) is 27.0 Å². The van der Waals surface area contributed by atoms with Gasteiger partial charge in [-0.1, -0.05) is 23.2 Å². The molecule has 1 saturated heterocycles. The molecule has 12 heteroatoms. The summed E-state index contributed by atoms with van der Waals surface area (Å²) in [6.45, 7) is 2.17. The first-order valence-electron chi connectivity index (χ1n) is 10.3. The molecule has 33 heavy (non-hydrogen) atoms. The Balaban J connectivity index is 1.36. The van der Waals surface area contributed by atoms with Gasteiger partial charge in [0.1, 0.15) is 11.5 Å². The molecule has 2 aromatic heterocycles. The van der Waals surface area contributed by atoms with Gasteiger partial charge in [-0.15, -0.1) is 0 Å². The lowest BCUT2D eigenvalue weighted by Crippen LogP contribution is -2.52. The van der Waals surface area contributed by atoms with Crippen LogP contribution >= 0.6 is 23.2 Å². The number of fused-ring (bicyclic) bond motifs is 2. The number of carbonyl (C=O) groups excluding carboxylic acids is 2. The van der Waals surface area contributed by atoms with Crippen molar-refractivity contribution in [1.29, 1.82) is 0 Å². The number of hydrogen-bond acceptors (Lipinski definition) is 7. The molecule has 1 unspecified atom stereocenters. The van der Waals surface area contributed by atoms with E-state index in [0.29, 0.717) is 60.7 Å². The molecule has 0 spiro atoms. The van der Waals surface area contributed by atoms with E-state index in [1.165, 1.54) is 12.4 Å². The Labute approximate surface area is 198 Å². The summed E-state index contributed by atoms with van der Waals surface area (Å²) in [5.74, 6) is -0.160. The predicted octanol–water partition coefficient (Wildman–Crippen LogP) is 1.95. The first-order valence-corrected chi connectivity index (χ1v) is 11.1. The third kappa shape index (κ3) is 4.10. The molecule has 2 N–H and O–H groups in total. The molecule has 2 aliphatic rings. The number of nitrogens with one attached hydrogen (secondary N) is 1. The second kappa shape index (κ2) is 8.79. The molecule has 1 aromatic carbocycles. The van der Waals surface area contributed by atoms with E-state index >= 15 is 0 Å². The molecule has 5 rings (SSSR count). The zero-order chi connectivity index (χ0) is 23.1. The smallest absolute Gasteiger partial charge is 0.294 e. The van der Waals surface area contributed by atoms with Crippen molar-refractivity contribution in [1.82, 2.24) is 24.7 Å². The number of hydroxylamine groups is 1. The van der Waals surface area contributed by atoms with Crippen LogP contribution in [0.4, 0.5) is 5.82 Å². The van der Waals surface area contributed by atoms with Gasteiger partial charge < -0.3 is 14.5 Å². The molecule has 10 nitrogen and oxygen atoms in total. The fourth-order valence-corrected chi connectivity index (χ4v) is 4.88. The number of benzene rings is 1. The van der Waals surface area contributed by atoms with Gasteiger partial charge in [0.05, 0.1) is 25.5 Å². The highest BCUT2D eigenvalue weighted by Crippen LogP contribution is 2.30. The van der Waals surface area contributed by atoms with Crippen molar-refractivity contribution in [3.8, 4) is 0 Å². The molecule has 1 atom stereocenters. The SMILES string of the molecule is O=C(NO)c1cn2c(N3CCOC(C(=O)N4CCc5cc(Cl)cc(Cl)c5C4)C3)cncc2n1. The quantitative estimate of drug-likeness (QED) is 0.426. The highest BCUT2D eigenvalue weighted by molar-refractivity contribution is 6.35. The summed E-state index contributed by atoms with van der Waals surface area (Å²) in [7, 11) is 0. The number of rotatable bonds is 3. The lowest BCUT2D eigenvalue weighted by molar-refractivity contribution is -0.145. The van der Waals surface area contributed by atoms with Gasteiger partial charge in [0, 0.05) is 35.9 Å². The van der Waals surface area contributed by atoms with Gasteiger partial charge in [-0.3, -0.25) is 24.2 Å². The third-order valence-electron chi connectivity index (χ3n) is 5.92. The Kier molecular flexibility index (Phi) is 5.83. The topological polar surface area (TPSA) is 112 Å². The molecule has 2 aliphatic heterocycles. The summed E-state index contributed by atoms with van der Waals surface area (Å²) in [5.41, 5.74) is 4.05. The van der Waals surface area contributed by atoms with E-state index in [0.717, 1.165) is 11.1 Å². The van der Waals surface area contributed by atoms with Crippen molar-refractivity contribution in [2.75, 3.05) is 31.1 Å². The predicted molar refractivity (Wildman–Crippen MR) is 120 cm³/mol. The zero-order valence-corrected chi connectivity index (χ0v) is 18.9. The largest absolute Gasteiger partial charge is 0.365 e. The van der Waals surface area contributed by atoms with Crippen LogP contribution in [0.2, 0.25) is 10.0 Å². The standard InChI is InChI=1S/C21H20Cl2N6O4/c22-13-5-12-1-2-28(9-14(12)15(23)6-13)21(31)17-11-27(3-4-33-17)19-8-24-7-18-25-16(10-29(18)19)20(30)26-32/h5-8,10,17,32H,1-4,9,11H2,(H,26,30). The number of amides is 2. The summed E-state index contributed by atoms with van der Waals surface area (Å²) in [4.78, 5) is 37.2. The van der Waals surface area contributed by atoms with Crippen molar-refractivity contribution in [2.24, 2.45) is 0 Å². The van der Waals surface area contributed by atoms with Crippen LogP contribution in [0.15, 0.2) is 30.7 Å². The van der Waals surface area contributed by atoms with Crippen molar-refractivity contribution in [3.05, 3.63) is 57.6 Å². The van der Waals surface area contributed by atoms with E-state index in [-0.39, 0.29) is 11.6 Å². The minimum Gasteiger partial charge on any atom is -0.365 e. The van der Waals surface area contributed by atoms with Crippen LogP contribution in [0.25, 0.3) is 5.65 Å². The molecule has 3 aromatic rings. The minimum absolute atomic E-state index is 0.0524. The Morgan fingerprint density at radius 1 is 1.21 bits per heavy atom. The molecule has 0 bridgehead atoms. The number of morpholine rings is 1. The van der Waals surface area contributed by atoms with E-state index in [1.807, 2.05) is 11.0 Å². The highest BCUT2D eigenvalue weighted by Gasteiger charge is 2.33. The molecule has 0 saturated carbocycles. The molecule has 0 radical (unpaired) electrons. The van der Waals surface area contributed by atoms with Crippen LogP contribution in [-0.2, 0) is 22.5 Å². The lowest BCUT2D eigenvalue weighted by Gasteiger charge is -2.37. The van der Waals surface area contributed by atoms with Crippen LogP contribution in [0.3, 0.4) is 0 Å². The average Bonchev–Trinajstić information content (AvgIpc) is 3.27.